The average molecular weight is 290 g/mol. The first-order chi connectivity index (χ1) is 10.1. The molecule has 2 N–H and O–H groups in total. The Hall–Kier alpha value is -1.39. The van der Waals surface area contributed by atoms with E-state index in [-0.39, 0.29) is 12.0 Å². The summed E-state index contributed by atoms with van der Waals surface area (Å²) < 4.78 is 5.46. The summed E-state index contributed by atoms with van der Waals surface area (Å²) in [6.07, 6.45) is 2.64. The highest BCUT2D eigenvalue weighted by Crippen LogP contribution is 2.20. The molecule has 0 bridgehead atoms. The number of carbonyl (C=O) groups is 1. The number of hydrogen-bond acceptors (Lipinski definition) is 3. The van der Waals surface area contributed by atoms with Crippen molar-refractivity contribution in [2.45, 2.75) is 38.3 Å². The first-order valence-electron chi connectivity index (χ1n) is 7.73. The highest BCUT2D eigenvalue weighted by Gasteiger charge is 2.30. The molecule has 1 aliphatic rings. The SMILES string of the molecule is COC1CN(C(=O)C(N)CCc2ccccc2)CCC1C. The summed E-state index contributed by atoms with van der Waals surface area (Å²) in [5.41, 5.74) is 7.31. The van der Waals surface area contributed by atoms with Gasteiger partial charge in [0.1, 0.15) is 0 Å². The van der Waals surface area contributed by atoms with E-state index in [1.165, 1.54) is 5.56 Å². The minimum Gasteiger partial charge on any atom is -0.379 e. The van der Waals surface area contributed by atoms with Crippen LogP contribution in [0.25, 0.3) is 0 Å². The van der Waals surface area contributed by atoms with Gasteiger partial charge in [0.25, 0.3) is 0 Å². The van der Waals surface area contributed by atoms with Gasteiger partial charge in [0.2, 0.25) is 5.91 Å². The molecule has 2 rings (SSSR count). The zero-order valence-corrected chi connectivity index (χ0v) is 13.0. The number of methoxy groups -OCH3 is 1. The van der Waals surface area contributed by atoms with E-state index in [1.807, 2.05) is 23.1 Å². The fraction of sp³-hybridized carbons (Fsp3) is 0.588. The van der Waals surface area contributed by atoms with Gasteiger partial charge in [-0.05, 0) is 30.7 Å². The molecule has 21 heavy (non-hydrogen) atoms. The van der Waals surface area contributed by atoms with Gasteiger partial charge in [0.15, 0.2) is 0 Å². The minimum atomic E-state index is -0.420. The first-order valence-corrected chi connectivity index (χ1v) is 7.73. The Bertz CT molecular complexity index is 449. The quantitative estimate of drug-likeness (QED) is 0.900. The molecule has 1 amide bonds. The lowest BCUT2D eigenvalue weighted by Gasteiger charge is -2.37. The van der Waals surface area contributed by atoms with E-state index < -0.39 is 6.04 Å². The highest BCUT2D eigenvalue weighted by molar-refractivity contribution is 5.81. The van der Waals surface area contributed by atoms with Crippen LogP contribution in [0, 0.1) is 5.92 Å². The Balaban J connectivity index is 1.84. The number of nitrogens with zero attached hydrogens (tertiary/aromatic N) is 1. The Morgan fingerprint density at radius 1 is 1.43 bits per heavy atom. The zero-order valence-electron chi connectivity index (χ0n) is 13.0. The number of benzene rings is 1. The Morgan fingerprint density at radius 2 is 2.14 bits per heavy atom. The molecule has 1 aliphatic heterocycles. The van der Waals surface area contributed by atoms with Gasteiger partial charge in [-0.25, -0.2) is 0 Å². The number of nitrogens with two attached hydrogens (primary N) is 1. The summed E-state index contributed by atoms with van der Waals surface area (Å²) in [4.78, 5) is 14.3. The van der Waals surface area contributed by atoms with Gasteiger partial charge < -0.3 is 15.4 Å². The molecule has 0 aromatic heterocycles. The van der Waals surface area contributed by atoms with Crippen molar-refractivity contribution in [1.82, 2.24) is 4.90 Å². The van der Waals surface area contributed by atoms with Gasteiger partial charge in [-0.1, -0.05) is 37.3 Å². The summed E-state index contributed by atoms with van der Waals surface area (Å²) >= 11 is 0. The van der Waals surface area contributed by atoms with Crippen LogP contribution in [0.3, 0.4) is 0 Å². The summed E-state index contributed by atoms with van der Waals surface area (Å²) in [6.45, 7) is 3.62. The predicted molar refractivity (Wildman–Crippen MR) is 83.9 cm³/mol. The van der Waals surface area contributed by atoms with Crippen LogP contribution >= 0.6 is 0 Å². The number of amides is 1. The van der Waals surface area contributed by atoms with E-state index in [4.69, 9.17) is 10.5 Å². The second kappa shape index (κ2) is 7.57. The van der Waals surface area contributed by atoms with Gasteiger partial charge >= 0.3 is 0 Å². The van der Waals surface area contributed by atoms with Gasteiger partial charge in [0.05, 0.1) is 12.1 Å². The van der Waals surface area contributed by atoms with Gasteiger partial charge in [-0.15, -0.1) is 0 Å². The van der Waals surface area contributed by atoms with E-state index in [1.54, 1.807) is 7.11 Å². The lowest BCUT2D eigenvalue weighted by Crippen LogP contribution is -2.51. The Morgan fingerprint density at radius 3 is 2.81 bits per heavy atom. The Kier molecular flexibility index (Phi) is 5.76. The molecule has 3 unspecified atom stereocenters. The molecule has 1 fully saturated rings. The molecule has 1 aromatic rings. The zero-order chi connectivity index (χ0) is 15.2. The molecule has 0 saturated carbocycles. The molecule has 3 atom stereocenters. The molecule has 4 heteroatoms. The van der Waals surface area contributed by atoms with Crippen molar-refractivity contribution >= 4 is 5.91 Å². The highest BCUT2D eigenvalue weighted by atomic mass is 16.5. The summed E-state index contributed by atoms with van der Waals surface area (Å²) in [5.74, 6) is 0.555. The maximum Gasteiger partial charge on any atom is 0.239 e. The van der Waals surface area contributed by atoms with Crippen LogP contribution in [0.4, 0.5) is 0 Å². The average Bonchev–Trinajstić information content (AvgIpc) is 2.53. The molecular weight excluding hydrogens is 264 g/mol. The third kappa shape index (κ3) is 4.29. The standard InChI is InChI=1S/C17H26N2O2/c1-13-10-11-19(12-16(13)21-2)17(20)15(18)9-8-14-6-4-3-5-7-14/h3-7,13,15-16H,8-12,18H2,1-2H3. The van der Waals surface area contributed by atoms with Gasteiger partial charge in [-0.3, -0.25) is 4.79 Å². The smallest absolute Gasteiger partial charge is 0.239 e. The number of likely N-dealkylation sites (tertiary alicyclic amines) is 1. The van der Waals surface area contributed by atoms with Crippen molar-refractivity contribution in [2.75, 3.05) is 20.2 Å². The number of aryl methyl sites for hydroxylation is 1. The van der Waals surface area contributed by atoms with Crippen molar-refractivity contribution < 1.29 is 9.53 Å². The topological polar surface area (TPSA) is 55.6 Å². The second-order valence-electron chi connectivity index (χ2n) is 5.96. The largest absolute Gasteiger partial charge is 0.379 e. The third-order valence-electron chi connectivity index (χ3n) is 4.41. The summed E-state index contributed by atoms with van der Waals surface area (Å²) in [6, 6.07) is 9.74. The van der Waals surface area contributed by atoms with Crippen molar-refractivity contribution in [3.05, 3.63) is 35.9 Å². The number of piperidine rings is 1. The number of hydrogen-bond donors (Lipinski definition) is 1. The van der Waals surface area contributed by atoms with Crippen molar-refractivity contribution in [1.29, 1.82) is 0 Å². The van der Waals surface area contributed by atoms with Crippen LogP contribution in [0.15, 0.2) is 30.3 Å². The minimum absolute atomic E-state index is 0.0554. The lowest BCUT2D eigenvalue weighted by atomic mass is 9.95. The van der Waals surface area contributed by atoms with Crippen LogP contribution in [0.5, 0.6) is 0 Å². The monoisotopic (exact) mass is 290 g/mol. The number of rotatable bonds is 5. The predicted octanol–water partition coefficient (Wildman–Crippen LogP) is 1.83. The van der Waals surface area contributed by atoms with Crippen LogP contribution in [0.1, 0.15) is 25.3 Å². The molecule has 1 saturated heterocycles. The molecule has 1 aromatic carbocycles. The lowest BCUT2D eigenvalue weighted by molar-refractivity contribution is -0.137. The van der Waals surface area contributed by atoms with Crippen LogP contribution < -0.4 is 5.73 Å². The van der Waals surface area contributed by atoms with Crippen LogP contribution in [-0.2, 0) is 16.0 Å². The van der Waals surface area contributed by atoms with Gasteiger partial charge in [-0.2, -0.15) is 0 Å². The maximum atomic E-state index is 12.4. The van der Waals surface area contributed by atoms with E-state index >= 15 is 0 Å². The molecule has 4 nitrogen and oxygen atoms in total. The van der Waals surface area contributed by atoms with E-state index in [0.717, 1.165) is 19.4 Å². The second-order valence-corrected chi connectivity index (χ2v) is 5.96. The van der Waals surface area contributed by atoms with E-state index in [0.29, 0.717) is 18.9 Å². The van der Waals surface area contributed by atoms with Crippen molar-refractivity contribution in [3.8, 4) is 0 Å². The number of ether oxygens (including phenoxy) is 1. The van der Waals surface area contributed by atoms with Crippen LogP contribution in [-0.4, -0.2) is 43.2 Å². The first kappa shape index (κ1) is 16.0. The van der Waals surface area contributed by atoms with Crippen molar-refractivity contribution in [2.24, 2.45) is 11.7 Å². The normalized spacial score (nSPS) is 23.9. The molecule has 116 valence electrons. The van der Waals surface area contributed by atoms with Gasteiger partial charge in [0, 0.05) is 20.2 Å². The molecule has 0 spiro atoms. The molecular formula is C17H26N2O2. The fourth-order valence-corrected chi connectivity index (χ4v) is 2.87. The molecule has 1 heterocycles. The summed E-state index contributed by atoms with van der Waals surface area (Å²) in [5, 5.41) is 0. The molecule has 0 aliphatic carbocycles. The van der Waals surface area contributed by atoms with Crippen LogP contribution in [0.2, 0.25) is 0 Å². The maximum absolute atomic E-state index is 12.4. The molecule has 0 radical (unpaired) electrons. The number of carbonyl (C=O) groups excluding carboxylic acids is 1. The third-order valence-corrected chi connectivity index (χ3v) is 4.41. The Labute approximate surface area is 127 Å². The van der Waals surface area contributed by atoms with E-state index in [9.17, 15) is 4.79 Å². The van der Waals surface area contributed by atoms with Crippen molar-refractivity contribution in [3.63, 3.8) is 0 Å². The van der Waals surface area contributed by atoms with E-state index in [2.05, 4.69) is 19.1 Å². The fourth-order valence-electron chi connectivity index (χ4n) is 2.87. The summed E-state index contributed by atoms with van der Waals surface area (Å²) in [7, 11) is 1.71.